The first-order valence-corrected chi connectivity index (χ1v) is 9.86. The van der Waals surface area contributed by atoms with Crippen molar-refractivity contribution < 1.29 is 4.79 Å². The molecule has 5 heteroatoms. The fraction of sp³-hybridized carbons (Fsp3) is 0.722. The lowest BCUT2D eigenvalue weighted by atomic mass is 10.1. The summed E-state index contributed by atoms with van der Waals surface area (Å²) in [5.41, 5.74) is 0. The van der Waals surface area contributed by atoms with Crippen molar-refractivity contribution in [1.82, 2.24) is 14.7 Å². The lowest BCUT2D eigenvalue weighted by molar-refractivity contribution is -0.130. The number of rotatable bonds is 5. The van der Waals surface area contributed by atoms with Gasteiger partial charge in [-0.25, -0.2) is 0 Å². The second-order valence-corrected chi connectivity index (χ2v) is 7.96. The van der Waals surface area contributed by atoms with Crippen molar-refractivity contribution in [3.05, 3.63) is 21.9 Å². The molecule has 0 N–H and O–H groups in total. The number of likely N-dealkylation sites (N-methyl/N-ethyl adjacent to an activating group) is 1. The molecule has 1 aromatic rings. The Hall–Kier alpha value is -0.910. The zero-order chi connectivity index (χ0) is 16.1. The smallest absolute Gasteiger partial charge is 0.223 e. The van der Waals surface area contributed by atoms with Crippen molar-refractivity contribution in [2.45, 2.75) is 45.7 Å². The van der Waals surface area contributed by atoms with Gasteiger partial charge in [0.05, 0.1) is 0 Å². The molecule has 0 atom stereocenters. The van der Waals surface area contributed by atoms with E-state index in [0.717, 1.165) is 39.3 Å². The van der Waals surface area contributed by atoms with Crippen LogP contribution >= 0.6 is 11.3 Å². The van der Waals surface area contributed by atoms with Crippen LogP contribution < -0.4 is 0 Å². The van der Waals surface area contributed by atoms with Crippen LogP contribution in [-0.4, -0.2) is 59.9 Å². The van der Waals surface area contributed by atoms with E-state index in [2.05, 4.69) is 28.9 Å². The number of hydrogen-bond donors (Lipinski definition) is 0. The van der Waals surface area contributed by atoms with Gasteiger partial charge in [-0.05, 0) is 45.0 Å². The van der Waals surface area contributed by atoms with Gasteiger partial charge in [-0.1, -0.05) is 6.42 Å². The molecule has 0 bridgehead atoms. The molecule has 1 amide bonds. The van der Waals surface area contributed by atoms with Gasteiger partial charge in [-0.3, -0.25) is 14.6 Å². The average molecular weight is 336 g/mol. The summed E-state index contributed by atoms with van der Waals surface area (Å²) >= 11 is 1.95. The second kappa shape index (κ2) is 8.27. The SMILES string of the molecule is CCN1CCN(Cc2ccc(CN3CCCCC3)s2)CCC1=O. The fourth-order valence-corrected chi connectivity index (χ4v) is 4.66. The largest absolute Gasteiger partial charge is 0.342 e. The van der Waals surface area contributed by atoms with Crippen molar-refractivity contribution in [3.8, 4) is 0 Å². The monoisotopic (exact) mass is 335 g/mol. The summed E-state index contributed by atoms with van der Waals surface area (Å²) in [5.74, 6) is 0.312. The minimum Gasteiger partial charge on any atom is -0.342 e. The van der Waals surface area contributed by atoms with E-state index in [1.165, 1.54) is 42.1 Å². The van der Waals surface area contributed by atoms with Crippen LogP contribution in [0, 0.1) is 0 Å². The zero-order valence-electron chi connectivity index (χ0n) is 14.3. The van der Waals surface area contributed by atoms with E-state index in [9.17, 15) is 4.79 Å². The minimum atomic E-state index is 0.312. The van der Waals surface area contributed by atoms with E-state index in [-0.39, 0.29) is 0 Å². The van der Waals surface area contributed by atoms with Crippen LogP contribution in [-0.2, 0) is 17.9 Å². The molecule has 128 valence electrons. The Morgan fingerprint density at radius 3 is 2.22 bits per heavy atom. The van der Waals surface area contributed by atoms with E-state index in [1.807, 2.05) is 16.2 Å². The first-order chi connectivity index (χ1) is 11.2. The van der Waals surface area contributed by atoms with Gasteiger partial charge in [0.15, 0.2) is 0 Å². The lowest BCUT2D eigenvalue weighted by Gasteiger charge is -2.25. The van der Waals surface area contributed by atoms with E-state index < -0.39 is 0 Å². The van der Waals surface area contributed by atoms with E-state index in [1.54, 1.807) is 0 Å². The lowest BCUT2D eigenvalue weighted by Crippen LogP contribution is -2.32. The van der Waals surface area contributed by atoms with Crippen LogP contribution in [0.4, 0.5) is 0 Å². The van der Waals surface area contributed by atoms with Gasteiger partial charge in [0.1, 0.15) is 0 Å². The number of hydrogen-bond acceptors (Lipinski definition) is 4. The second-order valence-electron chi connectivity index (χ2n) is 6.70. The summed E-state index contributed by atoms with van der Waals surface area (Å²) in [6.45, 7) is 10.3. The fourth-order valence-electron chi connectivity index (χ4n) is 3.55. The Labute approximate surface area is 144 Å². The highest BCUT2D eigenvalue weighted by molar-refractivity contribution is 7.11. The third-order valence-corrected chi connectivity index (χ3v) is 6.04. The topological polar surface area (TPSA) is 26.8 Å². The molecule has 4 nitrogen and oxygen atoms in total. The number of carbonyl (C=O) groups is 1. The molecule has 0 spiro atoms. The summed E-state index contributed by atoms with van der Waals surface area (Å²) in [4.78, 5) is 21.9. The summed E-state index contributed by atoms with van der Waals surface area (Å²) < 4.78 is 0. The molecular weight excluding hydrogens is 306 g/mol. The van der Waals surface area contributed by atoms with Crippen molar-refractivity contribution in [3.63, 3.8) is 0 Å². The maximum absolute atomic E-state index is 12.0. The highest BCUT2D eigenvalue weighted by Gasteiger charge is 2.20. The molecule has 1 aromatic heterocycles. The molecular formula is C18H29N3OS. The molecule has 23 heavy (non-hydrogen) atoms. The van der Waals surface area contributed by atoms with Crippen LogP contribution in [0.3, 0.4) is 0 Å². The predicted molar refractivity (Wildman–Crippen MR) is 95.6 cm³/mol. The molecule has 2 saturated heterocycles. The standard InChI is InChI=1S/C18H29N3OS/c1-2-21-13-12-20(11-8-18(21)22)15-17-7-6-16(23-17)14-19-9-4-3-5-10-19/h6-7H,2-5,8-15H2,1H3. The van der Waals surface area contributed by atoms with Gasteiger partial charge in [0.2, 0.25) is 5.91 Å². The van der Waals surface area contributed by atoms with Gasteiger partial charge in [-0.15, -0.1) is 11.3 Å². The van der Waals surface area contributed by atoms with Crippen LogP contribution in [0.1, 0.15) is 42.4 Å². The molecule has 3 rings (SSSR count). The van der Waals surface area contributed by atoms with E-state index in [0.29, 0.717) is 12.3 Å². The summed E-state index contributed by atoms with van der Waals surface area (Å²) in [6.07, 6.45) is 4.77. The van der Waals surface area contributed by atoms with Crippen molar-refractivity contribution in [2.24, 2.45) is 0 Å². The molecule has 2 aliphatic rings. The van der Waals surface area contributed by atoms with Gasteiger partial charge in [0, 0.05) is 55.4 Å². The molecule has 0 saturated carbocycles. The molecule has 0 radical (unpaired) electrons. The Morgan fingerprint density at radius 1 is 0.913 bits per heavy atom. The third-order valence-electron chi connectivity index (χ3n) is 4.99. The maximum atomic E-state index is 12.0. The third kappa shape index (κ3) is 4.78. The summed E-state index contributed by atoms with van der Waals surface area (Å²) in [7, 11) is 0. The van der Waals surface area contributed by atoms with E-state index in [4.69, 9.17) is 0 Å². The van der Waals surface area contributed by atoms with Gasteiger partial charge >= 0.3 is 0 Å². The van der Waals surface area contributed by atoms with Gasteiger partial charge in [0.25, 0.3) is 0 Å². The quantitative estimate of drug-likeness (QED) is 0.828. The van der Waals surface area contributed by atoms with Crippen LogP contribution in [0.2, 0.25) is 0 Å². The molecule has 3 heterocycles. The molecule has 0 unspecified atom stereocenters. The van der Waals surface area contributed by atoms with Crippen LogP contribution in [0.5, 0.6) is 0 Å². The number of amides is 1. The molecule has 2 aliphatic heterocycles. The van der Waals surface area contributed by atoms with Crippen LogP contribution in [0.15, 0.2) is 12.1 Å². The van der Waals surface area contributed by atoms with Crippen molar-refractivity contribution >= 4 is 17.2 Å². The number of likely N-dealkylation sites (tertiary alicyclic amines) is 1. The average Bonchev–Trinajstić information content (AvgIpc) is 2.92. The number of piperidine rings is 1. The van der Waals surface area contributed by atoms with E-state index >= 15 is 0 Å². The Kier molecular flexibility index (Phi) is 6.08. The van der Waals surface area contributed by atoms with Crippen molar-refractivity contribution in [1.29, 1.82) is 0 Å². The summed E-state index contributed by atoms with van der Waals surface area (Å²) in [5, 5.41) is 0. The number of thiophene rings is 1. The number of nitrogens with zero attached hydrogens (tertiary/aromatic N) is 3. The molecule has 0 aromatic carbocycles. The van der Waals surface area contributed by atoms with Gasteiger partial charge in [-0.2, -0.15) is 0 Å². The Bertz CT molecular complexity index is 510. The normalized spacial score (nSPS) is 21.6. The minimum absolute atomic E-state index is 0.312. The first kappa shape index (κ1) is 16.9. The predicted octanol–water partition coefficient (Wildman–Crippen LogP) is 2.79. The highest BCUT2D eigenvalue weighted by Crippen LogP contribution is 2.22. The molecule has 2 fully saturated rings. The van der Waals surface area contributed by atoms with Gasteiger partial charge < -0.3 is 4.90 Å². The number of carbonyl (C=O) groups excluding carboxylic acids is 1. The van der Waals surface area contributed by atoms with Crippen molar-refractivity contribution in [2.75, 3.05) is 39.3 Å². The van der Waals surface area contributed by atoms with Crippen LogP contribution in [0.25, 0.3) is 0 Å². The highest BCUT2D eigenvalue weighted by atomic mass is 32.1. The Morgan fingerprint density at radius 2 is 1.57 bits per heavy atom. The zero-order valence-corrected chi connectivity index (χ0v) is 15.1. The first-order valence-electron chi connectivity index (χ1n) is 9.04. The summed E-state index contributed by atoms with van der Waals surface area (Å²) in [6, 6.07) is 4.59. The maximum Gasteiger partial charge on any atom is 0.223 e. The molecule has 0 aliphatic carbocycles. The Balaban J connectivity index is 1.51.